The number of rotatable bonds is 9. The van der Waals surface area contributed by atoms with Gasteiger partial charge in [-0.1, -0.05) is 51.1 Å². The molecule has 4 heteroatoms. The van der Waals surface area contributed by atoms with Gasteiger partial charge in [-0.15, -0.1) is 0 Å². The van der Waals surface area contributed by atoms with Crippen LogP contribution in [0.15, 0.2) is 42.6 Å². The number of benzene rings is 1. The summed E-state index contributed by atoms with van der Waals surface area (Å²) in [5.41, 5.74) is 0.939. The molecular formula is C19H27NO3. The Hall–Kier alpha value is -2.10. The Morgan fingerprint density at radius 2 is 1.78 bits per heavy atom. The van der Waals surface area contributed by atoms with E-state index in [2.05, 4.69) is 0 Å². The maximum Gasteiger partial charge on any atom is 0.414 e. The predicted molar refractivity (Wildman–Crippen MR) is 91.8 cm³/mol. The van der Waals surface area contributed by atoms with Crippen LogP contribution in [0, 0.1) is 5.92 Å². The molecule has 0 aliphatic heterocycles. The first-order chi connectivity index (χ1) is 11.1. The van der Waals surface area contributed by atoms with Gasteiger partial charge in [0, 0.05) is 18.7 Å². The number of ketones is 1. The number of allylic oxidation sites excluding steroid dienone is 1. The van der Waals surface area contributed by atoms with Crippen molar-refractivity contribution >= 4 is 11.9 Å². The molecule has 0 saturated carbocycles. The third-order valence-corrected chi connectivity index (χ3v) is 3.71. The molecule has 4 nitrogen and oxygen atoms in total. The van der Waals surface area contributed by atoms with Crippen LogP contribution in [0.4, 0.5) is 4.79 Å². The van der Waals surface area contributed by atoms with Gasteiger partial charge in [0.15, 0.2) is 5.78 Å². The van der Waals surface area contributed by atoms with Gasteiger partial charge in [-0.25, -0.2) is 4.79 Å². The molecule has 1 aromatic rings. The molecule has 1 rings (SSSR count). The quantitative estimate of drug-likeness (QED) is 0.627. The lowest BCUT2D eigenvalue weighted by molar-refractivity contribution is -0.118. The minimum atomic E-state index is -0.427. The summed E-state index contributed by atoms with van der Waals surface area (Å²) >= 11 is 0. The third kappa shape index (κ3) is 6.68. The molecule has 23 heavy (non-hydrogen) atoms. The van der Waals surface area contributed by atoms with E-state index in [1.807, 2.05) is 51.1 Å². The summed E-state index contributed by atoms with van der Waals surface area (Å²) < 4.78 is 5.31. The molecule has 0 fully saturated rings. The van der Waals surface area contributed by atoms with Crippen molar-refractivity contribution in [3.8, 4) is 0 Å². The monoisotopic (exact) mass is 317 g/mol. The highest BCUT2D eigenvalue weighted by Gasteiger charge is 2.14. The highest BCUT2D eigenvalue weighted by Crippen LogP contribution is 2.10. The van der Waals surface area contributed by atoms with Gasteiger partial charge in [0.2, 0.25) is 0 Å². The average molecular weight is 317 g/mol. The van der Waals surface area contributed by atoms with E-state index >= 15 is 0 Å². The number of nitrogens with zero attached hydrogens (tertiary/aromatic N) is 1. The van der Waals surface area contributed by atoms with Gasteiger partial charge in [-0.2, -0.15) is 0 Å². The van der Waals surface area contributed by atoms with Crippen molar-refractivity contribution in [2.24, 2.45) is 5.92 Å². The molecule has 0 unspecified atom stereocenters. The van der Waals surface area contributed by atoms with E-state index in [0.717, 1.165) is 24.8 Å². The molecule has 0 aliphatic rings. The molecule has 1 aromatic carbocycles. The van der Waals surface area contributed by atoms with Gasteiger partial charge in [0.1, 0.15) is 6.61 Å². The summed E-state index contributed by atoms with van der Waals surface area (Å²) in [7, 11) is 0. The zero-order chi connectivity index (χ0) is 17.1. The van der Waals surface area contributed by atoms with E-state index in [9.17, 15) is 9.59 Å². The Labute approximate surface area is 139 Å². The second kappa shape index (κ2) is 10.6. The van der Waals surface area contributed by atoms with Crippen molar-refractivity contribution in [1.82, 2.24) is 4.90 Å². The van der Waals surface area contributed by atoms with Crippen molar-refractivity contribution in [1.29, 1.82) is 0 Å². The lowest BCUT2D eigenvalue weighted by Gasteiger charge is -2.17. The highest BCUT2D eigenvalue weighted by molar-refractivity contribution is 5.91. The number of hydrogen-bond donors (Lipinski definition) is 0. The van der Waals surface area contributed by atoms with Gasteiger partial charge in [0.05, 0.1) is 0 Å². The van der Waals surface area contributed by atoms with E-state index in [1.54, 1.807) is 6.20 Å². The molecular weight excluding hydrogens is 290 g/mol. The first kappa shape index (κ1) is 18.9. The second-order valence-electron chi connectivity index (χ2n) is 5.47. The van der Waals surface area contributed by atoms with Crippen molar-refractivity contribution in [2.45, 2.75) is 46.6 Å². The van der Waals surface area contributed by atoms with Crippen molar-refractivity contribution in [3.05, 3.63) is 48.2 Å². The van der Waals surface area contributed by atoms with E-state index in [1.165, 1.54) is 11.0 Å². The fourth-order valence-electron chi connectivity index (χ4n) is 2.26. The summed E-state index contributed by atoms with van der Waals surface area (Å²) in [6, 6.07) is 9.54. The summed E-state index contributed by atoms with van der Waals surface area (Å²) in [6.07, 6.45) is 5.04. The van der Waals surface area contributed by atoms with E-state index in [-0.39, 0.29) is 18.3 Å². The van der Waals surface area contributed by atoms with Crippen LogP contribution in [0.2, 0.25) is 0 Å². The Balaban J connectivity index is 2.62. The number of amides is 1. The van der Waals surface area contributed by atoms with Gasteiger partial charge in [-0.05, 0) is 30.9 Å². The number of ether oxygens (including phenoxy) is 1. The molecule has 0 aromatic heterocycles. The Kier molecular flexibility index (Phi) is 8.73. The topological polar surface area (TPSA) is 46.6 Å². The number of carbonyl (C=O) groups excluding carboxylic acids is 2. The Morgan fingerprint density at radius 3 is 2.35 bits per heavy atom. The first-order valence-electron chi connectivity index (χ1n) is 8.31. The summed E-state index contributed by atoms with van der Waals surface area (Å²) in [6.45, 7) is 6.73. The molecule has 0 atom stereocenters. The van der Waals surface area contributed by atoms with E-state index in [4.69, 9.17) is 4.74 Å². The van der Waals surface area contributed by atoms with Gasteiger partial charge >= 0.3 is 6.09 Å². The first-order valence-corrected chi connectivity index (χ1v) is 8.31. The normalized spacial score (nSPS) is 11.0. The summed E-state index contributed by atoms with van der Waals surface area (Å²) in [5, 5.41) is 0. The Morgan fingerprint density at radius 1 is 1.13 bits per heavy atom. The van der Waals surface area contributed by atoms with Gasteiger partial charge in [0.25, 0.3) is 0 Å². The SMILES string of the molecule is CCCN(/C=C/C(=O)C(CC)CC)C(=O)OCc1ccccc1. The smallest absolute Gasteiger partial charge is 0.414 e. The number of hydrogen-bond acceptors (Lipinski definition) is 3. The van der Waals surface area contributed by atoms with Crippen LogP contribution < -0.4 is 0 Å². The van der Waals surface area contributed by atoms with Gasteiger partial charge < -0.3 is 4.74 Å². The van der Waals surface area contributed by atoms with Gasteiger partial charge in [-0.3, -0.25) is 9.69 Å². The number of carbonyl (C=O) groups is 2. The zero-order valence-corrected chi connectivity index (χ0v) is 14.3. The van der Waals surface area contributed by atoms with Crippen molar-refractivity contribution in [2.75, 3.05) is 6.54 Å². The maximum absolute atomic E-state index is 12.2. The third-order valence-electron chi connectivity index (χ3n) is 3.71. The fourth-order valence-corrected chi connectivity index (χ4v) is 2.26. The maximum atomic E-state index is 12.2. The summed E-state index contributed by atoms with van der Waals surface area (Å²) in [4.78, 5) is 25.7. The molecule has 1 amide bonds. The largest absolute Gasteiger partial charge is 0.444 e. The van der Waals surface area contributed by atoms with Crippen LogP contribution in [-0.4, -0.2) is 23.3 Å². The van der Waals surface area contributed by atoms with Crippen molar-refractivity contribution in [3.63, 3.8) is 0 Å². The predicted octanol–water partition coefficient (Wildman–Crippen LogP) is 4.55. The fraction of sp³-hybridized carbons (Fsp3) is 0.474. The van der Waals surface area contributed by atoms with Crippen LogP contribution in [0.5, 0.6) is 0 Å². The molecule has 0 bridgehead atoms. The molecule has 0 spiro atoms. The molecule has 126 valence electrons. The second-order valence-corrected chi connectivity index (χ2v) is 5.47. The van der Waals surface area contributed by atoms with Crippen LogP contribution in [0.3, 0.4) is 0 Å². The molecule has 0 N–H and O–H groups in total. The molecule has 0 heterocycles. The lowest BCUT2D eigenvalue weighted by atomic mass is 9.98. The van der Waals surface area contributed by atoms with E-state index in [0.29, 0.717) is 6.54 Å². The summed E-state index contributed by atoms with van der Waals surface area (Å²) in [5.74, 6) is 0.0852. The minimum Gasteiger partial charge on any atom is -0.444 e. The van der Waals surface area contributed by atoms with E-state index < -0.39 is 6.09 Å². The van der Waals surface area contributed by atoms with Crippen LogP contribution in [0.1, 0.15) is 45.6 Å². The molecule has 0 aliphatic carbocycles. The van der Waals surface area contributed by atoms with Crippen molar-refractivity contribution < 1.29 is 14.3 Å². The Bertz CT molecular complexity index is 507. The zero-order valence-electron chi connectivity index (χ0n) is 14.3. The van der Waals surface area contributed by atoms with Crippen LogP contribution >= 0.6 is 0 Å². The standard InChI is InChI=1S/C19H27NO3/c1-4-13-20(14-12-18(21)17(5-2)6-3)19(22)23-15-16-10-8-7-9-11-16/h7-12,14,17H,4-6,13,15H2,1-3H3/b14-12+. The minimum absolute atomic E-state index is 0.0232. The average Bonchev–Trinajstić information content (AvgIpc) is 2.58. The molecule has 0 saturated heterocycles. The van der Waals surface area contributed by atoms with Crippen LogP contribution in [0.25, 0.3) is 0 Å². The highest BCUT2D eigenvalue weighted by atomic mass is 16.6. The lowest BCUT2D eigenvalue weighted by Crippen LogP contribution is -2.27. The van der Waals surface area contributed by atoms with Crippen LogP contribution in [-0.2, 0) is 16.1 Å². The molecule has 0 radical (unpaired) electrons.